The van der Waals surface area contributed by atoms with Crippen LogP contribution in [0.4, 0.5) is 0 Å². The van der Waals surface area contributed by atoms with Crippen molar-refractivity contribution in [2.75, 3.05) is 19.8 Å². The second-order valence-corrected chi connectivity index (χ2v) is 7.88. The fourth-order valence-electron chi connectivity index (χ4n) is 1.86. The monoisotopic (exact) mass is 372 g/mol. The van der Waals surface area contributed by atoms with Gasteiger partial charge in [-0.1, -0.05) is 23.2 Å². The molecular formula is C12H11Cl3O5S. The molecule has 116 valence electrons. The molecule has 1 aromatic rings. The predicted octanol–water partition coefficient (Wildman–Crippen LogP) is 3.11. The molecule has 0 radical (unpaired) electrons. The smallest absolute Gasteiger partial charge is 0.339 e. The maximum atomic E-state index is 12.0. The van der Waals surface area contributed by atoms with Gasteiger partial charge in [0.1, 0.15) is 4.90 Å². The number of benzene rings is 1. The molecule has 0 spiro atoms. The van der Waals surface area contributed by atoms with E-state index in [0.29, 0.717) is 13.2 Å². The molecule has 0 amide bonds. The van der Waals surface area contributed by atoms with Gasteiger partial charge in [0.25, 0.3) is 9.05 Å². The van der Waals surface area contributed by atoms with Crippen molar-refractivity contribution in [2.45, 2.75) is 11.3 Å². The van der Waals surface area contributed by atoms with Crippen molar-refractivity contribution in [1.29, 1.82) is 0 Å². The highest BCUT2D eigenvalue weighted by molar-refractivity contribution is 8.13. The Bertz CT molecular complexity index is 653. The van der Waals surface area contributed by atoms with Crippen LogP contribution in [0, 0.1) is 5.92 Å². The van der Waals surface area contributed by atoms with Crippen molar-refractivity contribution >= 4 is 48.9 Å². The summed E-state index contributed by atoms with van der Waals surface area (Å²) in [5, 5.41) is -0.160. The van der Waals surface area contributed by atoms with E-state index < -0.39 is 15.0 Å². The molecule has 2 rings (SSSR count). The minimum Gasteiger partial charge on any atom is -0.462 e. The molecule has 9 heteroatoms. The van der Waals surface area contributed by atoms with E-state index in [1.807, 2.05) is 0 Å². The van der Waals surface area contributed by atoms with Crippen molar-refractivity contribution in [3.05, 3.63) is 27.7 Å². The highest BCUT2D eigenvalue weighted by Gasteiger charge is 2.23. The van der Waals surface area contributed by atoms with Crippen LogP contribution in [-0.4, -0.2) is 34.2 Å². The Hall–Kier alpha value is -0.530. The van der Waals surface area contributed by atoms with Gasteiger partial charge in [-0.25, -0.2) is 13.2 Å². The number of hydrogen-bond acceptors (Lipinski definition) is 5. The number of carbonyl (C=O) groups is 1. The van der Waals surface area contributed by atoms with Crippen molar-refractivity contribution in [3.8, 4) is 0 Å². The van der Waals surface area contributed by atoms with E-state index in [2.05, 4.69) is 0 Å². The Morgan fingerprint density at radius 3 is 2.62 bits per heavy atom. The summed E-state index contributed by atoms with van der Waals surface area (Å²) >= 11 is 11.6. The minimum absolute atomic E-state index is 0.00302. The van der Waals surface area contributed by atoms with Crippen LogP contribution in [0.5, 0.6) is 0 Å². The lowest BCUT2D eigenvalue weighted by Crippen LogP contribution is -2.15. The van der Waals surface area contributed by atoms with E-state index >= 15 is 0 Å². The molecule has 0 saturated carbocycles. The van der Waals surface area contributed by atoms with E-state index in [4.69, 9.17) is 43.4 Å². The fraction of sp³-hybridized carbons (Fsp3) is 0.417. The van der Waals surface area contributed by atoms with Crippen LogP contribution in [0.1, 0.15) is 16.8 Å². The van der Waals surface area contributed by atoms with Crippen LogP contribution < -0.4 is 0 Å². The number of hydrogen-bond donors (Lipinski definition) is 0. The molecule has 1 aromatic carbocycles. The van der Waals surface area contributed by atoms with Gasteiger partial charge < -0.3 is 9.47 Å². The first-order valence-corrected chi connectivity index (χ1v) is 9.04. The van der Waals surface area contributed by atoms with E-state index in [1.54, 1.807) is 0 Å². The quantitative estimate of drug-likeness (QED) is 0.599. The summed E-state index contributed by atoms with van der Waals surface area (Å²) in [6.07, 6.45) is 0.808. The topological polar surface area (TPSA) is 69.7 Å². The van der Waals surface area contributed by atoms with Gasteiger partial charge in [0, 0.05) is 23.2 Å². The lowest BCUT2D eigenvalue weighted by Gasteiger charge is -2.11. The van der Waals surface area contributed by atoms with Gasteiger partial charge in [-0.2, -0.15) is 0 Å². The zero-order valence-corrected chi connectivity index (χ0v) is 13.7. The van der Waals surface area contributed by atoms with E-state index in [0.717, 1.165) is 18.6 Å². The lowest BCUT2D eigenvalue weighted by molar-refractivity contribution is 0.0428. The van der Waals surface area contributed by atoms with Crippen LogP contribution >= 0.6 is 33.9 Å². The average Bonchev–Trinajstić information content (AvgIpc) is 2.87. The van der Waals surface area contributed by atoms with Crippen LogP contribution in [0.2, 0.25) is 10.0 Å². The summed E-state index contributed by atoms with van der Waals surface area (Å²) in [6.45, 7) is 1.35. The maximum Gasteiger partial charge on any atom is 0.339 e. The standard InChI is InChI=1S/C12H11Cl3O5S/c13-9-4-10(14)11(21(15,17)18)3-8(9)12(16)20-6-7-1-2-19-5-7/h3-4,7H,1-2,5-6H2. The number of esters is 1. The Morgan fingerprint density at radius 2 is 2.05 bits per heavy atom. The normalized spacial score (nSPS) is 18.7. The molecule has 21 heavy (non-hydrogen) atoms. The first kappa shape index (κ1) is 16.8. The molecule has 0 bridgehead atoms. The van der Waals surface area contributed by atoms with Gasteiger partial charge in [-0.05, 0) is 18.6 Å². The fourth-order valence-corrected chi connectivity index (χ4v) is 3.68. The number of rotatable bonds is 4. The molecule has 1 aliphatic rings. The molecule has 0 aliphatic carbocycles. The van der Waals surface area contributed by atoms with Gasteiger partial charge in [-0.15, -0.1) is 0 Å². The maximum absolute atomic E-state index is 12.0. The van der Waals surface area contributed by atoms with E-state index in [1.165, 1.54) is 0 Å². The zero-order valence-electron chi connectivity index (χ0n) is 10.6. The first-order valence-electron chi connectivity index (χ1n) is 5.97. The summed E-state index contributed by atoms with van der Waals surface area (Å²) < 4.78 is 33.0. The van der Waals surface area contributed by atoms with Crippen LogP contribution in [0.3, 0.4) is 0 Å². The summed E-state index contributed by atoms with van der Waals surface area (Å²) in [5.74, 6) is -0.596. The number of halogens is 3. The Kier molecular flexibility index (Phi) is 5.38. The number of carbonyl (C=O) groups excluding carboxylic acids is 1. The summed E-state index contributed by atoms with van der Waals surface area (Å²) in [4.78, 5) is 11.6. The minimum atomic E-state index is -4.08. The molecule has 1 fully saturated rings. The molecule has 1 unspecified atom stereocenters. The second-order valence-electron chi connectivity index (χ2n) is 4.53. The Balaban J connectivity index is 2.20. The molecule has 0 aromatic heterocycles. The largest absolute Gasteiger partial charge is 0.462 e. The van der Waals surface area contributed by atoms with E-state index in [-0.39, 0.29) is 33.0 Å². The third-order valence-corrected chi connectivity index (χ3v) is 5.08. The van der Waals surface area contributed by atoms with Crippen molar-refractivity contribution in [1.82, 2.24) is 0 Å². The second kappa shape index (κ2) is 6.71. The lowest BCUT2D eigenvalue weighted by atomic mass is 10.1. The molecule has 1 heterocycles. The SMILES string of the molecule is O=C(OCC1CCOC1)c1cc(S(=O)(=O)Cl)c(Cl)cc1Cl. The van der Waals surface area contributed by atoms with Gasteiger partial charge in [0.2, 0.25) is 0 Å². The predicted molar refractivity (Wildman–Crippen MR) is 78.7 cm³/mol. The third kappa shape index (κ3) is 4.23. The average molecular weight is 374 g/mol. The summed E-state index contributed by atoms with van der Waals surface area (Å²) in [5.41, 5.74) is -0.0980. The van der Waals surface area contributed by atoms with Gasteiger partial charge in [0.05, 0.1) is 28.8 Å². The third-order valence-electron chi connectivity index (χ3n) is 2.98. The molecule has 5 nitrogen and oxygen atoms in total. The summed E-state index contributed by atoms with van der Waals surface area (Å²) in [6, 6.07) is 2.16. The van der Waals surface area contributed by atoms with Crippen molar-refractivity contribution < 1.29 is 22.7 Å². The van der Waals surface area contributed by atoms with Crippen LogP contribution in [0.15, 0.2) is 17.0 Å². The van der Waals surface area contributed by atoms with Crippen molar-refractivity contribution in [2.24, 2.45) is 5.92 Å². The molecule has 1 saturated heterocycles. The van der Waals surface area contributed by atoms with Crippen LogP contribution in [0.25, 0.3) is 0 Å². The van der Waals surface area contributed by atoms with Crippen LogP contribution in [-0.2, 0) is 18.5 Å². The molecular weight excluding hydrogens is 363 g/mol. The zero-order chi connectivity index (χ0) is 15.6. The van der Waals surface area contributed by atoms with E-state index in [9.17, 15) is 13.2 Å². The highest BCUT2D eigenvalue weighted by Crippen LogP contribution is 2.31. The van der Waals surface area contributed by atoms with Gasteiger partial charge >= 0.3 is 5.97 Å². The van der Waals surface area contributed by atoms with Crippen molar-refractivity contribution in [3.63, 3.8) is 0 Å². The first-order chi connectivity index (χ1) is 9.79. The molecule has 1 aliphatic heterocycles. The highest BCUT2D eigenvalue weighted by atomic mass is 35.7. The van der Waals surface area contributed by atoms with Gasteiger partial charge in [-0.3, -0.25) is 0 Å². The molecule has 1 atom stereocenters. The Morgan fingerprint density at radius 1 is 1.33 bits per heavy atom. The van der Waals surface area contributed by atoms with Gasteiger partial charge in [0.15, 0.2) is 0 Å². The summed E-state index contributed by atoms with van der Waals surface area (Å²) in [7, 11) is 1.17. The molecule has 0 N–H and O–H groups in total. The number of ether oxygens (including phenoxy) is 2. The Labute approximate surface area is 136 Å².